The van der Waals surface area contributed by atoms with Gasteiger partial charge in [0.25, 0.3) is 0 Å². The lowest BCUT2D eigenvalue weighted by Gasteiger charge is -2.38. The van der Waals surface area contributed by atoms with Crippen molar-refractivity contribution in [2.75, 3.05) is 0 Å². The average Bonchev–Trinajstić information content (AvgIpc) is 2.86. The van der Waals surface area contributed by atoms with Crippen LogP contribution in [0.15, 0.2) is 42.7 Å². The van der Waals surface area contributed by atoms with Gasteiger partial charge in [-0.25, -0.2) is 4.98 Å². The molecule has 1 aromatic carbocycles. The van der Waals surface area contributed by atoms with Gasteiger partial charge in [-0.1, -0.05) is 49.6 Å². The van der Waals surface area contributed by atoms with Crippen molar-refractivity contribution in [2.24, 2.45) is 0 Å². The molecular formula is C17H22N2. The van der Waals surface area contributed by atoms with Gasteiger partial charge in [-0.2, -0.15) is 0 Å². The van der Waals surface area contributed by atoms with Crippen LogP contribution in [0, 0.1) is 6.92 Å². The zero-order chi connectivity index (χ0) is 13.1. The first-order chi connectivity index (χ1) is 9.30. The van der Waals surface area contributed by atoms with Gasteiger partial charge in [-0.15, -0.1) is 0 Å². The fourth-order valence-electron chi connectivity index (χ4n) is 3.46. The number of aromatic nitrogens is 2. The minimum absolute atomic E-state index is 0.310. The van der Waals surface area contributed by atoms with Crippen molar-refractivity contribution in [3.63, 3.8) is 0 Å². The van der Waals surface area contributed by atoms with E-state index in [2.05, 4.69) is 53.0 Å². The molecule has 0 aliphatic heterocycles. The third-order valence-electron chi connectivity index (χ3n) is 4.59. The molecule has 1 saturated carbocycles. The zero-order valence-corrected chi connectivity index (χ0v) is 11.7. The quantitative estimate of drug-likeness (QED) is 0.806. The van der Waals surface area contributed by atoms with E-state index in [4.69, 9.17) is 0 Å². The van der Waals surface area contributed by atoms with Gasteiger partial charge in [-0.3, -0.25) is 0 Å². The SMILES string of the molecule is Cc1nccn1CC1(c2ccccc2)CCCCC1. The fourth-order valence-corrected chi connectivity index (χ4v) is 3.46. The van der Waals surface area contributed by atoms with Crippen LogP contribution in [0.5, 0.6) is 0 Å². The Morgan fingerprint density at radius 2 is 1.84 bits per heavy atom. The molecule has 0 radical (unpaired) electrons. The third kappa shape index (κ3) is 2.44. The first-order valence-electron chi connectivity index (χ1n) is 7.33. The van der Waals surface area contributed by atoms with Crippen molar-refractivity contribution >= 4 is 0 Å². The summed E-state index contributed by atoms with van der Waals surface area (Å²) < 4.78 is 2.32. The van der Waals surface area contributed by atoms with Crippen LogP contribution in [0.2, 0.25) is 0 Å². The number of rotatable bonds is 3. The van der Waals surface area contributed by atoms with Gasteiger partial charge < -0.3 is 4.57 Å². The van der Waals surface area contributed by atoms with Crippen molar-refractivity contribution in [3.8, 4) is 0 Å². The van der Waals surface area contributed by atoms with Crippen molar-refractivity contribution in [1.29, 1.82) is 0 Å². The molecule has 100 valence electrons. The largest absolute Gasteiger partial charge is 0.334 e. The lowest BCUT2D eigenvalue weighted by atomic mass is 9.69. The van der Waals surface area contributed by atoms with Gasteiger partial charge in [0, 0.05) is 24.4 Å². The second-order valence-electron chi connectivity index (χ2n) is 5.81. The molecule has 0 unspecified atom stereocenters. The monoisotopic (exact) mass is 254 g/mol. The van der Waals surface area contributed by atoms with E-state index in [0.717, 1.165) is 12.4 Å². The predicted octanol–water partition coefficient (Wildman–Crippen LogP) is 4.09. The second-order valence-corrected chi connectivity index (χ2v) is 5.81. The number of imidazole rings is 1. The van der Waals surface area contributed by atoms with Crippen molar-refractivity contribution in [3.05, 3.63) is 54.1 Å². The molecule has 2 nitrogen and oxygen atoms in total. The Kier molecular flexibility index (Phi) is 3.41. The lowest BCUT2D eigenvalue weighted by Crippen LogP contribution is -2.34. The molecule has 1 heterocycles. The molecule has 1 aromatic heterocycles. The Hall–Kier alpha value is -1.57. The van der Waals surface area contributed by atoms with E-state index in [1.165, 1.54) is 37.7 Å². The number of nitrogens with zero attached hydrogens (tertiary/aromatic N) is 2. The molecule has 19 heavy (non-hydrogen) atoms. The minimum atomic E-state index is 0.310. The van der Waals surface area contributed by atoms with E-state index in [9.17, 15) is 0 Å². The lowest BCUT2D eigenvalue weighted by molar-refractivity contribution is 0.254. The first-order valence-corrected chi connectivity index (χ1v) is 7.33. The van der Waals surface area contributed by atoms with Crippen LogP contribution in [-0.2, 0) is 12.0 Å². The first kappa shape index (κ1) is 12.5. The van der Waals surface area contributed by atoms with Crippen molar-refractivity contribution in [1.82, 2.24) is 9.55 Å². The van der Waals surface area contributed by atoms with E-state index < -0.39 is 0 Å². The molecule has 0 saturated heterocycles. The summed E-state index contributed by atoms with van der Waals surface area (Å²) in [5.41, 5.74) is 1.81. The molecule has 0 spiro atoms. The average molecular weight is 254 g/mol. The van der Waals surface area contributed by atoms with Crippen LogP contribution in [0.1, 0.15) is 43.5 Å². The topological polar surface area (TPSA) is 17.8 Å². The van der Waals surface area contributed by atoms with Crippen LogP contribution >= 0.6 is 0 Å². The molecule has 1 aliphatic carbocycles. The highest BCUT2D eigenvalue weighted by Gasteiger charge is 2.34. The normalized spacial score (nSPS) is 18.4. The standard InChI is InChI=1S/C17H22N2/c1-15-18-12-13-19(15)14-17(10-6-3-7-11-17)16-8-4-2-5-9-16/h2,4-5,8-9,12-13H,3,6-7,10-11,14H2,1H3. The highest BCUT2D eigenvalue weighted by atomic mass is 15.1. The molecule has 1 fully saturated rings. The maximum Gasteiger partial charge on any atom is 0.105 e. The van der Waals surface area contributed by atoms with Crippen molar-refractivity contribution < 1.29 is 0 Å². The van der Waals surface area contributed by atoms with Gasteiger partial charge in [-0.05, 0) is 25.3 Å². The molecule has 1 aliphatic rings. The molecule has 2 aromatic rings. The van der Waals surface area contributed by atoms with Crippen LogP contribution in [0.25, 0.3) is 0 Å². The van der Waals surface area contributed by atoms with E-state index in [-0.39, 0.29) is 0 Å². The summed E-state index contributed by atoms with van der Waals surface area (Å²) in [6.45, 7) is 3.17. The smallest absolute Gasteiger partial charge is 0.105 e. The fraction of sp³-hybridized carbons (Fsp3) is 0.471. The summed E-state index contributed by atoms with van der Waals surface area (Å²) in [6, 6.07) is 11.1. The zero-order valence-electron chi connectivity index (χ0n) is 11.7. The van der Waals surface area contributed by atoms with Crippen LogP contribution in [0.4, 0.5) is 0 Å². The number of aryl methyl sites for hydroxylation is 1. The summed E-state index contributed by atoms with van der Waals surface area (Å²) in [5.74, 6) is 1.13. The molecular weight excluding hydrogens is 232 g/mol. The molecule has 2 heteroatoms. The second kappa shape index (κ2) is 5.20. The summed E-state index contributed by atoms with van der Waals surface area (Å²) in [5, 5.41) is 0. The Balaban J connectivity index is 1.95. The Morgan fingerprint density at radius 1 is 1.11 bits per heavy atom. The summed E-state index contributed by atoms with van der Waals surface area (Å²) in [6.07, 6.45) is 10.7. The summed E-state index contributed by atoms with van der Waals surface area (Å²) in [4.78, 5) is 4.37. The van der Waals surface area contributed by atoms with Gasteiger partial charge in [0.2, 0.25) is 0 Å². The minimum Gasteiger partial charge on any atom is -0.334 e. The summed E-state index contributed by atoms with van der Waals surface area (Å²) >= 11 is 0. The maximum atomic E-state index is 4.37. The highest BCUT2D eigenvalue weighted by Crippen LogP contribution is 2.40. The van der Waals surface area contributed by atoms with E-state index >= 15 is 0 Å². The van der Waals surface area contributed by atoms with Gasteiger partial charge in [0.1, 0.15) is 5.82 Å². The van der Waals surface area contributed by atoms with Gasteiger partial charge in [0.05, 0.1) is 0 Å². The molecule has 0 amide bonds. The van der Waals surface area contributed by atoms with Crippen LogP contribution < -0.4 is 0 Å². The van der Waals surface area contributed by atoms with E-state index in [1.807, 2.05) is 6.20 Å². The predicted molar refractivity (Wildman–Crippen MR) is 78.2 cm³/mol. The highest BCUT2D eigenvalue weighted by molar-refractivity contribution is 5.26. The molecule has 3 rings (SSSR count). The number of benzene rings is 1. The molecule has 0 bridgehead atoms. The summed E-state index contributed by atoms with van der Waals surface area (Å²) in [7, 11) is 0. The Morgan fingerprint density at radius 3 is 2.47 bits per heavy atom. The van der Waals surface area contributed by atoms with Gasteiger partial charge >= 0.3 is 0 Å². The third-order valence-corrected chi connectivity index (χ3v) is 4.59. The van der Waals surface area contributed by atoms with Crippen LogP contribution in [-0.4, -0.2) is 9.55 Å². The number of hydrogen-bond donors (Lipinski definition) is 0. The number of hydrogen-bond acceptors (Lipinski definition) is 1. The van der Waals surface area contributed by atoms with Crippen molar-refractivity contribution in [2.45, 2.75) is 51.0 Å². The van der Waals surface area contributed by atoms with Gasteiger partial charge in [0.15, 0.2) is 0 Å². The Labute approximate surface area is 115 Å². The van der Waals surface area contributed by atoms with E-state index in [1.54, 1.807) is 0 Å². The van der Waals surface area contributed by atoms with Crippen LogP contribution in [0.3, 0.4) is 0 Å². The maximum absolute atomic E-state index is 4.37. The molecule has 0 atom stereocenters. The Bertz CT molecular complexity index is 521. The van der Waals surface area contributed by atoms with E-state index in [0.29, 0.717) is 5.41 Å². The molecule has 0 N–H and O–H groups in total.